The molecule has 0 fully saturated rings. The number of aromatic carboxylic acids is 1. The van der Waals surface area contributed by atoms with Crippen molar-refractivity contribution in [2.24, 2.45) is 0 Å². The number of carboxylic acid groups (broad SMARTS) is 1. The molecule has 0 bridgehead atoms. The second-order valence-electron chi connectivity index (χ2n) is 5.53. The first-order valence-electron chi connectivity index (χ1n) is 8.20. The summed E-state index contributed by atoms with van der Waals surface area (Å²) in [5, 5.41) is 22.0. The van der Waals surface area contributed by atoms with E-state index in [9.17, 15) is 15.0 Å². The van der Waals surface area contributed by atoms with Crippen LogP contribution in [0.5, 0.6) is 5.75 Å². The van der Waals surface area contributed by atoms with E-state index in [1.807, 2.05) is 26.0 Å². The summed E-state index contributed by atoms with van der Waals surface area (Å²) in [7, 11) is 0. The summed E-state index contributed by atoms with van der Waals surface area (Å²) >= 11 is 0. The molecule has 0 aliphatic carbocycles. The van der Waals surface area contributed by atoms with E-state index in [1.54, 1.807) is 12.1 Å². The van der Waals surface area contributed by atoms with Gasteiger partial charge in [0.2, 0.25) is 5.95 Å². The van der Waals surface area contributed by atoms with Gasteiger partial charge in [-0.1, -0.05) is 26.0 Å². The van der Waals surface area contributed by atoms with Crippen molar-refractivity contribution in [2.45, 2.75) is 39.5 Å². The number of rotatable bonds is 8. The third kappa shape index (κ3) is 4.44. The summed E-state index contributed by atoms with van der Waals surface area (Å²) < 4.78 is 0. The van der Waals surface area contributed by atoms with Crippen LogP contribution in [0.1, 0.15) is 47.6 Å². The Morgan fingerprint density at radius 1 is 1.17 bits per heavy atom. The van der Waals surface area contributed by atoms with Crippen LogP contribution in [0.3, 0.4) is 0 Å². The molecule has 0 saturated carbocycles. The van der Waals surface area contributed by atoms with E-state index in [2.05, 4.69) is 15.3 Å². The van der Waals surface area contributed by atoms with Crippen LogP contribution in [0.25, 0.3) is 0 Å². The van der Waals surface area contributed by atoms with Crippen LogP contribution in [0.2, 0.25) is 0 Å². The van der Waals surface area contributed by atoms with Crippen molar-refractivity contribution in [3.05, 3.63) is 46.8 Å². The molecule has 0 saturated heterocycles. The average Bonchev–Trinajstić information content (AvgIpc) is 2.57. The van der Waals surface area contributed by atoms with E-state index in [4.69, 9.17) is 0 Å². The SMILES string of the molecule is CCc1nc(NCCCc2cccc(O)c2)nc(CC)c1C(=O)O. The second kappa shape index (κ2) is 8.29. The Bertz CT molecular complexity index is 691. The van der Waals surface area contributed by atoms with Crippen molar-refractivity contribution in [1.29, 1.82) is 0 Å². The first-order chi connectivity index (χ1) is 11.5. The van der Waals surface area contributed by atoms with E-state index in [0.29, 0.717) is 36.7 Å². The zero-order valence-electron chi connectivity index (χ0n) is 14.0. The number of anilines is 1. The molecule has 0 spiro atoms. The van der Waals surface area contributed by atoms with Gasteiger partial charge in [-0.05, 0) is 43.4 Å². The predicted molar refractivity (Wildman–Crippen MR) is 92.7 cm³/mol. The highest BCUT2D eigenvalue weighted by Gasteiger charge is 2.18. The average molecular weight is 329 g/mol. The predicted octanol–water partition coefficient (Wildman–Crippen LogP) is 3.05. The number of carbonyl (C=O) groups is 1. The normalized spacial score (nSPS) is 10.6. The zero-order chi connectivity index (χ0) is 17.5. The van der Waals surface area contributed by atoms with Crippen LogP contribution in [0.4, 0.5) is 5.95 Å². The topological polar surface area (TPSA) is 95.3 Å². The van der Waals surface area contributed by atoms with Crippen LogP contribution in [-0.2, 0) is 19.3 Å². The Hall–Kier alpha value is -2.63. The number of aromatic hydroxyl groups is 1. The molecule has 1 aromatic heterocycles. The standard InChI is InChI=1S/C18H23N3O3/c1-3-14-16(17(23)24)15(4-2)21-18(20-14)19-10-6-8-12-7-5-9-13(22)11-12/h5,7,9,11,22H,3-4,6,8,10H2,1-2H3,(H,23,24)(H,19,20,21). The van der Waals surface area contributed by atoms with Gasteiger partial charge in [0.25, 0.3) is 0 Å². The van der Waals surface area contributed by atoms with Gasteiger partial charge in [-0.25, -0.2) is 14.8 Å². The largest absolute Gasteiger partial charge is 0.508 e. The molecule has 6 heteroatoms. The maximum Gasteiger partial charge on any atom is 0.339 e. The molecule has 0 aliphatic rings. The molecule has 24 heavy (non-hydrogen) atoms. The number of nitrogens with zero attached hydrogens (tertiary/aromatic N) is 2. The lowest BCUT2D eigenvalue weighted by Crippen LogP contribution is -2.15. The van der Waals surface area contributed by atoms with Crippen LogP contribution >= 0.6 is 0 Å². The van der Waals surface area contributed by atoms with Gasteiger partial charge in [-0.15, -0.1) is 0 Å². The Balaban J connectivity index is 2.01. The fourth-order valence-corrected chi connectivity index (χ4v) is 2.60. The quantitative estimate of drug-likeness (QED) is 0.644. The molecule has 0 amide bonds. The van der Waals surface area contributed by atoms with E-state index >= 15 is 0 Å². The highest BCUT2D eigenvalue weighted by molar-refractivity contribution is 5.90. The maximum atomic E-state index is 11.4. The lowest BCUT2D eigenvalue weighted by molar-refractivity contribution is 0.0693. The summed E-state index contributed by atoms with van der Waals surface area (Å²) in [6.07, 6.45) is 2.79. The van der Waals surface area contributed by atoms with E-state index in [1.165, 1.54) is 0 Å². The number of aryl methyl sites for hydroxylation is 3. The summed E-state index contributed by atoms with van der Waals surface area (Å²) in [6, 6.07) is 7.20. The third-order valence-corrected chi connectivity index (χ3v) is 3.78. The van der Waals surface area contributed by atoms with Crippen molar-refractivity contribution in [2.75, 3.05) is 11.9 Å². The van der Waals surface area contributed by atoms with E-state index in [-0.39, 0.29) is 11.3 Å². The summed E-state index contributed by atoms with van der Waals surface area (Å²) in [5.74, 6) is -0.225. The maximum absolute atomic E-state index is 11.4. The van der Waals surface area contributed by atoms with Crippen LogP contribution in [0.15, 0.2) is 24.3 Å². The zero-order valence-corrected chi connectivity index (χ0v) is 14.0. The molecule has 0 unspecified atom stereocenters. The Labute approximate surface area is 141 Å². The lowest BCUT2D eigenvalue weighted by Gasteiger charge is -2.12. The van der Waals surface area contributed by atoms with Gasteiger partial charge in [0, 0.05) is 6.54 Å². The second-order valence-corrected chi connectivity index (χ2v) is 5.53. The number of carboxylic acids is 1. The number of benzene rings is 1. The summed E-state index contributed by atoms with van der Waals surface area (Å²) in [4.78, 5) is 20.1. The van der Waals surface area contributed by atoms with Crippen molar-refractivity contribution in [3.8, 4) is 5.75 Å². The summed E-state index contributed by atoms with van der Waals surface area (Å²) in [6.45, 7) is 4.45. The monoisotopic (exact) mass is 329 g/mol. The van der Waals surface area contributed by atoms with Crippen molar-refractivity contribution >= 4 is 11.9 Å². The van der Waals surface area contributed by atoms with Crippen LogP contribution < -0.4 is 5.32 Å². The number of nitrogens with one attached hydrogen (secondary N) is 1. The van der Waals surface area contributed by atoms with Crippen LogP contribution in [-0.4, -0.2) is 32.7 Å². The molecular weight excluding hydrogens is 306 g/mol. The minimum atomic E-state index is -0.973. The van der Waals surface area contributed by atoms with Gasteiger partial charge in [0.05, 0.1) is 11.4 Å². The molecule has 2 aromatic rings. The molecule has 128 valence electrons. The fourth-order valence-electron chi connectivity index (χ4n) is 2.60. The fraction of sp³-hybridized carbons (Fsp3) is 0.389. The molecule has 0 radical (unpaired) electrons. The van der Waals surface area contributed by atoms with Crippen molar-refractivity contribution in [3.63, 3.8) is 0 Å². The van der Waals surface area contributed by atoms with Gasteiger partial charge >= 0.3 is 5.97 Å². The Morgan fingerprint density at radius 2 is 1.83 bits per heavy atom. The number of hydrogen-bond acceptors (Lipinski definition) is 5. The highest BCUT2D eigenvalue weighted by atomic mass is 16.4. The molecule has 6 nitrogen and oxygen atoms in total. The summed E-state index contributed by atoms with van der Waals surface area (Å²) in [5.41, 5.74) is 2.42. The van der Waals surface area contributed by atoms with Gasteiger partial charge in [0.15, 0.2) is 0 Å². The molecular formula is C18H23N3O3. The molecule has 0 aliphatic heterocycles. The molecule has 3 N–H and O–H groups in total. The molecule has 0 atom stereocenters. The van der Waals surface area contributed by atoms with Gasteiger partial charge < -0.3 is 15.5 Å². The van der Waals surface area contributed by atoms with Crippen LogP contribution in [0, 0.1) is 0 Å². The van der Waals surface area contributed by atoms with E-state index < -0.39 is 5.97 Å². The molecule has 1 aromatic carbocycles. The van der Waals surface area contributed by atoms with Gasteiger partial charge in [0.1, 0.15) is 11.3 Å². The number of hydrogen-bond donors (Lipinski definition) is 3. The first kappa shape index (κ1) is 17.7. The number of aromatic nitrogens is 2. The number of phenolic OH excluding ortho intramolecular Hbond substituents is 1. The molecule has 2 rings (SSSR count). The van der Waals surface area contributed by atoms with Crippen molar-refractivity contribution in [1.82, 2.24) is 9.97 Å². The van der Waals surface area contributed by atoms with Gasteiger partial charge in [-0.2, -0.15) is 0 Å². The Kier molecular flexibility index (Phi) is 6.12. The third-order valence-electron chi connectivity index (χ3n) is 3.78. The van der Waals surface area contributed by atoms with Crippen molar-refractivity contribution < 1.29 is 15.0 Å². The minimum Gasteiger partial charge on any atom is -0.508 e. The minimum absolute atomic E-state index is 0.227. The first-order valence-corrected chi connectivity index (χ1v) is 8.20. The van der Waals surface area contributed by atoms with E-state index in [0.717, 1.165) is 18.4 Å². The lowest BCUT2D eigenvalue weighted by atomic mass is 10.1. The Morgan fingerprint density at radius 3 is 2.38 bits per heavy atom. The smallest absolute Gasteiger partial charge is 0.339 e. The highest BCUT2D eigenvalue weighted by Crippen LogP contribution is 2.16. The number of phenols is 1. The molecule has 1 heterocycles. The van der Waals surface area contributed by atoms with Gasteiger partial charge in [-0.3, -0.25) is 0 Å².